The number of halogens is 2. The summed E-state index contributed by atoms with van der Waals surface area (Å²) < 4.78 is 13.1. The van der Waals surface area contributed by atoms with Gasteiger partial charge in [-0.05, 0) is 31.7 Å². The van der Waals surface area contributed by atoms with Crippen molar-refractivity contribution in [3.05, 3.63) is 34.6 Å². The van der Waals surface area contributed by atoms with Crippen molar-refractivity contribution in [2.45, 2.75) is 19.5 Å². The van der Waals surface area contributed by atoms with Gasteiger partial charge < -0.3 is 10.6 Å². The molecule has 1 unspecified atom stereocenters. The second kappa shape index (κ2) is 6.05. The minimum Gasteiger partial charge on any atom is -0.318 e. The van der Waals surface area contributed by atoms with Crippen molar-refractivity contribution in [1.82, 2.24) is 10.6 Å². The molecular weight excluding hydrogens is 215 g/mol. The zero-order valence-electron chi connectivity index (χ0n) is 8.98. The number of likely N-dealkylation sites (N-methyl/N-ethyl adjacent to an activating group) is 1. The smallest absolute Gasteiger partial charge is 0.142 e. The van der Waals surface area contributed by atoms with Gasteiger partial charge >= 0.3 is 0 Å². The molecule has 0 aliphatic rings. The fourth-order valence-electron chi connectivity index (χ4n) is 1.32. The summed E-state index contributed by atoms with van der Waals surface area (Å²) in [5, 5.41) is 6.51. The average molecular weight is 231 g/mol. The molecule has 0 saturated carbocycles. The Hall–Kier alpha value is -0.640. The molecule has 4 heteroatoms. The van der Waals surface area contributed by atoms with Crippen LogP contribution in [0.25, 0.3) is 0 Å². The van der Waals surface area contributed by atoms with Gasteiger partial charge in [0.2, 0.25) is 0 Å². The Morgan fingerprint density at radius 1 is 1.47 bits per heavy atom. The van der Waals surface area contributed by atoms with Crippen molar-refractivity contribution in [2.75, 3.05) is 13.6 Å². The van der Waals surface area contributed by atoms with Crippen molar-refractivity contribution in [2.24, 2.45) is 0 Å². The van der Waals surface area contributed by atoms with E-state index in [9.17, 15) is 4.39 Å². The molecule has 1 aromatic rings. The van der Waals surface area contributed by atoms with Crippen LogP contribution in [0.2, 0.25) is 5.02 Å². The SMILES string of the molecule is CNCC(C)NCc1ccc(Cl)c(F)c1. The van der Waals surface area contributed by atoms with Gasteiger partial charge in [-0.25, -0.2) is 4.39 Å². The third kappa shape index (κ3) is 4.16. The largest absolute Gasteiger partial charge is 0.318 e. The van der Waals surface area contributed by atoms with Gasteiger partial charge in [0.1, 0.15) is 5.82 Å². The molecule has 0 radical (unpaired) electrons. The van der Waals surface area contributed by atoms with Crippen LogP contribution in [0.1, 0.15) is 12.5 Å². The first-order valence-corrected chi connectivity index (χ1v) is 5.33. The molecule has 2 N–H and O–H groups in total. The highest BCUT2D eigenvalue weighted by molar-refractivity contribution is 6.30. The molecule has 0 heterocycles. The second-order valence-electron chi connectivity index (χ2n) is 3.59. The lowest BCUT2D eigenvalue weighted by molar-refractivity contribution is 0.521. The van der Waals surface area contributed by atoms with Crippen LogP contribution in [0.5, 0.6) is 0 Å². The topological polar surface area (TPSA) is 24.1 Å². The summed E-state index contributed by atoms with van der Waals surface area (Å²) in [6.45, 7) is 3.61. The van der Waals surface area contributed by atoms with Gasteiger partial charge in [-0.15, -0.1) is 0 Å². The third-order valence-corrected chi connectivity index (χ3v) is 2.46. The van der Waals surface area contributed by atoms with Crippen molar-refractivity contribution >= 4 is 11.6 Å². The lowest BCUT2D eigenvalue weighted by Gasteiger charge is -2.13. The summed E-state index contributed by atoms with van der Waals surface area (Å²) in [6, 6.07) is 5.22. The van der Waals surface area contributed by atoms with E-state index in [1.54, 1.807) is 6.07 Å². The molecule has 0 bridgehead atoms. The molecule has 1 atom stereocenters. The van der Waals surface area contributed by atoms with Crippen LogP contribution >= 0.6 is 11.6 Å². The standard InChI is InChI=1S/C11H16ClFN2/c1-8(6-14-2)15-7-9-3-4-10(12)11(13)5-9/h3-5,8,14-15H,6-7H2,1-2H3. The van der Waals surface area contributed by atoms with Crippen LogP contribution in [-0.2, 0) is 6.54 Å². The van der Waals surface area contributed by atoms with E-state index in [1.165, 1.54) is 6.07 Å². The van der Waals surface area contributed by atoms with Gasteiger partial charge in [-0.2, -0.15) is 0 Å². The normalized spacial score (nSPS) is 12.8. The van der Waals surface area contributed by atoms with E-state index in [2.05, 4.69) is 17.6 Å². The van der Waals surface area contributed by atoms with Gasteiger partial charge in [-0.1, -0.05) is 17.7 Å². The fourth-order valence-corrected chi connectivity index (χ4v) is 1.44. The summed E-state index contributed by atoms with van der Waals surface area (Å²) in [5.74, 6) is -0.364. The average Bonchev–Trinajstić information content (AvgIpc) is 2.20. The van der Waals surface area contributed by atoms with E-state index in [4.69, 9.17) is 11.6 Å². The van der Waals surface area contributed by atoms with Crippen LogP contribution in [0, 0.1) is 5.82 Å². The Morgan fingerprint density at radius 2 is 2.20 bits per heavy atom. The van der Waals surface area contributed by atoms with E-state index in [0.29, 0.717) is 12.6 Å². The number of hydrogen-bond donors (Lipinski definition) is 2. The monoisotopic (exact) mass is 230 g/mol. The molecule has 1 rings (SSSR count). The van der Waals surface area contributed by atoms with Crippen LogP contribution < -0.4 is 10.6 Å². The molecule has 0 fully saturated rings. The van der Waals surface area contributed by atoms with Gasteiger partial charge in [0, 0.05) is 19.1 Å². The Morgan fingerprint density at radius 3 is 2.80 bits per heavy atom. The molecule has 0 saturated heterocycles. The van der Waals surface area contributed by atoms with Gasteiger partial charge in [0.15, 0.2) is 0 Å². The third-order valence-electron chi connectivity index (χ3n) is 2.15. The van der Waals surface area contributed by atoms with Crippen LogP contribution in [0.3, 0.4) is 0 Å². The fraction of sp³-hybridized carbons (Fsp3) is 0.455. The summed E-state index contributed by atoms with van der Waals surface area (Å²) >= 11 is 5.59. The molecule has 0 spiro atoms. The van der Waals surface area contributed by atoms with Crippen LogP contribution in [-0.4, -0.2) is 19.6 Å². The van der Waals surface area contributed by atoms with Crippen LogP contribution in [0.4, 0.5) is 4.39 Å². The maximum Gasteiger partial charge on any atom is 0.142 e. The number of benzene rings is 1. The van der Waals surface area contributed by atoms with E-state index in [0.717, 1.165) is 12.1 Å². The molecule has 0 aliphatic carbocycles. The quantitative estimate of drug-likeness (QED) is 0.810. The number of nitrogens with one attached hydrogen (secondary N) is 2. The van der Waals surface area contributed by atoms with Gasteiger partial charge in [-0.3, -0.25) is 0 Å². The zero-order valence-corrected chi connectivity index (χ0v) is 9.74. The van der Waals surface area contributed by atoms with Crippen LogP contribution in [0.15, 0.2) is 18.2 Å². The first-order chi connectivity index (χ1) is 7.13. The van der Waals surface area contributed by atoms with E-state index < -0.39 is 0 Å². The first kappa shape index (κ1) is 12.4. The Bertz CT molecular complexity index is 317. The highest BCUT2D eigenvalue weighted by atomic mass is 35.5. The maximum absolute atomic E-state index is 13.1. The molecule has 1 aromatic carbocycles. The molecule has 15 heavy (non-hydrogen) atoms. The number of hydrogen-bond acceptors (Lipinski definition) is 2. The Kier molecular flexibility index (Phi) is 5.02. The van der Waals surface area contributed by atoms with Crippen molar-refractivity contribution < 1.29 is 4.39 Å². The zero-order chi connectivity index (χ0) is 11.3. The number of rotatable bonds is 5. The maximum atomic E-state index is 13.1. The Balaban J connectivity index is 2.47. The molecule has 0 aliphatic heterocycles. The minimum absolute atomic E-state index is 0.169. The van der Waals surface area contributed by atoms with Crippen molar-refractivity contribution in [1.29, 1.82) is 0 Å². The van der Waals surface area contributed by atoms with E-state index in [-0.39, 0.29) is 10.8 Å². The van der Waals surface area contributed by atoms with E-state index in [1.807, 2.05) is 13.1 Å². The second-order valence-corrected chi connectivity index (χ2v) is 4.00. The lowest BCUT2D eigenvalue weighted by Crippen LogP contribution is -2.34. The first-order valence-electron chi connectivity index (χ1n) is 4.95. The van der Waals surface area contributed by atoms with Crippen molar-refractivity contribution in [3.63, 3.8) is 0 Å². The minimum atomic E-state index is -0.364. The lowest BCUT2D eigenvalue weighted by atomic mass is 10.2. The molecule has 84 valence electrons. The predicted octanol–water partition coefficient (Wildman–Crippen LogP) is 2.18. The molecular formula is C11H16ClFN2. The highest BCUT2D eigenvalue weighted by Gasteiger charge is 2.03. The summed E-state index contributed by atoms with van der Waals surface area (Å²) in [5.41, 5.74) is 0.903. The molecule has 0 aromatic heterocycles. The highest BCUT2D eigenvalue weighted by Crippen LogP contribution is 2.15. The summed E-state index contributed by atoms with van der Waals surface area (Å²) in [7, 11) is 1.90. The summed E-state index contributed by atoms with van der Waals surface area (Å²) in [4.78, 5) is 0. The van der Waals surface area contributed by atoms with Gasteiger partial charge in [0.05, 0.1) is 5.02 Å². The summed E-state index contributed by atoms with van der Waals surface area (Å²) in [6.07, 6.45) is 0. The molecule has 2 nitrogen and oxygen atoms in total. The molecule has 0 amide bonds. The Labute approximate surface area is 94.8 Å². The van der Waals surface area contributed by atoms with E-state index >= 15 is 0 Å². The van der Waals surface area contributed by atoms with Gasteiger partial charge in [0.25, 0.3) is 0 Å². The predicted molar refractivity (Wildman–Crippen MR) is 61.6 cm³/mol. The van der Waals surface area contributed by atoms with Crippen molar-refractivity contribution in [3.8, 4) is 0 Å².